The van der Waals surface area contributed by atoms with Crippen LogP contribution in [-0.4, -0.2) is 24.0 Å². The molecule has 0 unspecified atom stereocenters. The van der Waals surface area contributed by atoms with Gasteiger partial charge in [0, 0.05) is 24.7 Å². The van der Waals surface area contributed by atoms with Gasteiger partial charge in [0.2, 0.25) is 5.91 Å². The Balaban J connectivity index is 2.07. The number of primary amides is 1. The molecule has 1 aliphatic rings. The summed E-state index contributed by atoms with van der Waals surface area (Å²) in [5.74, 6) is 0.811. The van der Waals surface area contributed by atoms with Gasteiger partial charge in [-0.1, -0.05) is 6.92 Å². The molecular formula is C13H19N3O. The van der Waals surface area contributed by atoms with Crippen molar-refractivity contribution in [3.05, 3.63) is 23.9 Å². The van der Waals surface area contributed by atoms with Crippen LogP contribution in [0.4, 0.5) is 5.82 Å². The highest BCUT2D eigenvalue weighted by molar-refractivity contribution is 5.80. The van der Waals surface area contributed by atoms with Crippen molar-refractivity contribution in [2.24, 2.45) is 11.1 Å². The lowest BCUT2D eigenvalue weighted by atomic mass is 9.80. The minimum atomic E-state index is -0.347. The van der Waals surface area contributed by atoms with Crippen molar-refractivity contribution in [1.29, 1.82) is 0 Å². The number of nitrogens with two attached hydrogens (primary N) is 1. The monoisotopic (exact) mass is 233 g/mol. The molecule has 0 saturated carbocycles. The molecule has 1 saturated heterocycles. The van der Waals surface area contributed by atoms with Gasteiger partial charge in [0.15, 0.2) is 0 Å². The Morgan fingerprint density at radius 1 is 1.47 bits per heavy atom. The van der Waals surface area contributed by atoms with Crippen LogP contribution in [0.3, 0.4) is 0 Å². The number of piperidine rings is 1. The van der Waals surface area contributed by atoms with Crippen molar-refractivity contribution in [3.8, 4) is 0 Å². The molecule has 2 rings (SSSR count). The summed E-state index contributed by atoms with van der Waals surface area (Å²) in [7, 11) is 0. The summed E-state index contributed by atoms with van der Waals surface area (Å²) in [6.45, 7) is 5.70. The van der Waals surface area contributed by atoms with E-state index >= 15 is 0 Å². The van der Waals surface area contributed by atoms with Crippen molar-refractivity contribution in [1.82, 2.24) is 4.98 Å². The predicted octanol–water partition coefficient (Wildman–Crippen LogP) is 1.48. The third-order valence-electron chi connectivity index (χ3n) is 3.69. The Morgan fingerprint density at radius 2 is 2.12 bits per heavy atom. The zero-order valence-corrected chi connectivity index (χ0v) is 10.4. The molecule has 4 nitrogen and oxygen atoms in total. The van der Waals surface area contributed by atoms with E-state index in [0.717, 1.165) is 31.7 Å². The fourth-order valence-electron chi connectivity index (χ4n) is 2.17. The number of hydrogen-bond acceptors (Lipinski definition) is 3. The molecule has 1 aromatic rings. The summed E-state index contributed by atoms with van der Waals surface area (Å²) >= 11 is 0. The van der Waals surface area contributed by atoms with E-state index in [0.29, 0.717) is 0 Å². The highest BCUT2D eigenvalue weighted by Crippen LogP contribution is 2.32. The van der Waals surface area contributed by atoms with Crippen LogP contribution >= 0.6 is 0 Å². The van der Waals surface area contributed by atoms with E-state index in [1.807, 2.05) is 19.2 Å². The first-order valence-electron chi connectivity index (χ1n) is 5.99. The summed E-state index contributed by atoms with van der Waals surface area (Å²) < 4.78 is 0. The maximum Gasteiger partial charge on any atom is 0.223 e. The second-order valence-electron chi connectivity index (χ2n) is 5.10. The second kappa shape index (κ2) is 4.35. The molecular weight excluding hydrogens is 214 g/mol. The Hall–Kier alpha value is -1.58. The number of hydrogen-bond donors (Lipinski definition) is 1. The first kappa shape index (κ1) is 11.9. The molecule has 1 fully saturated rings. The van der Waals surface area contributed by atoms with E-state index in [4.69, 9.17) is 5.73 Å². The molecule has 0 aliphatic carbocycles. The third kappa shape index (κ3) is 2.40. The lowest BCUT2D eigenvalue weighted by molar-refractivity contribution is -0.127. The Bertz CT molecular complexity index is 422. The van der Waals surface area contributed by atoms with Crippen LogP contribution in [0.25, 0.3) is 0 Å². The van der Waals surface area contributed by atoms with Gasteiger partial charge in [-0.15, -0.1) is 0 Å². The molecule has 17 heavy (non-hydrogen) atoms. The van der Waals surface area contributed by atoms with Gasteiger partial charge in [-0.05, 0) is 37.5 Å². The molecule has 2 heterocycles. The van der Waals surface area contributed by atoms with Gasteiger partial charge >= 0.3 is 0 Å². The third-order valence-corrected chi connectivity index (χ3v) is 3.69. The zero-order chi connectivity index (χ0) is 12.5. The topological polar surface area (TPSA) is 59.2 Å². The van der Waals surface area contributed by atoms with E-state index in [2.05, 4.69) is 22.9 Å². The Kier molecular flexibility index (Phi) is 3.05. The van der Waals surface area contributed by atoms with Crippen LogP contribution in [0.1, 0.15) is 25.3 Å². The maximum atomic E-state index is 11.4. The summed E-state index contributed by atoms with van der Waals surface area (Å²) in [5.41, 5.74) is 6.30. The van der Waals surface area contributed by atoms with E-state index in [-0.39, 0.29) is 11.3 Å². The molecule has 1 aromatic heterocycles. The minimum Gasteiger partial charge on any atom is -0.369 e. The van der Waals surface area contributed by atoms with Crippen LogP contribution in [0.2, 0.25) is 0 Å². The van der Waals surface area contributed by atoms with Crippen LogP contribution in [0.15, 0.2) is 18.3 Å². The van der Waals surface area contributed by atoms with E-state index in [9.17, 15) is 4.79 Å². The number of carbonyl (C=O) groups is 1. The number of rotatable bonds is 2. The normalized spacial score (nSPS) is 19.1. The van der Waals surface area contributed by atoms with Crippen molar-refractivity contribution in [2.75, 3.05) is 18.0 Å². The fourth-order valence-corrected chi connectivity index (χ4v) is 2.17. The number of pyridine rings is 1. The molecule has 0 atom stereocenters. The molecule has 4 heteroatoms. The highest BCUT2D eigenvalue weighted by atomic mass is 16.1. The van der Waals surface area contributed by atoms with Crippen molar-refractivity contribution >= 4 is 11.7 Å². The van der Waals surface area contributed by atoms with Crippen molar-refractivity contribution in [3.63, 3.8) is 0 Å². The van der Waals surface area contributed by atoms with Gasteiger partial charge in [-0.3, -0.25) is 4.79 Å². The first-order chi connectivity index (χ1) is 8.01. The molecule has 1 aliphatic heterocycles. The molecule has 0 radical (unpaired) electrons. The minimum absolute atomic E-state index is 0.186. The highest BCUT2D eigenvalue weighted by Gasteiger charge is 2.35. The van der Waals surface area contributed by atoms with E-state index in [1.165, 1.54) is 5.56 Å². The van der Waals surface area contributed by atoms with Crippen LogP contribution in [-0.2, 0) is 4.79 Å². The van der Waals surface area contributed by atoms with Gasteiger partial charge in [0.05, 0.1) is 0 Å². The molecule has 0 aromatic carbocycles. The Labute approximate surface area is 102 Å². The molecule has 0 bridgehead atoms. The molecule has 1 amide bonds. The molecule has 2 N–H and O–H groups in total. The van der Waals surface area contributed by atoms with Crippen LogP contribution in [0, 0.1) is 12.3 Å². The van der Waals surface area contributed by atoms with Gasteiger partial charge in [0.1, 0.15) is 5.82 Å². The molecule has 92 valence electrons. The average molecular weight is 233 g/mol. The lowest BCUT2D eigenvalue weighted by Gasteiger charge is -2.37. The summed E-state index contributed by atoms with van der Waals surface area (Å²) in [6.07, 6.45) is 3.43. The average Bonchev–Trinajstić information content (AvgIpc) is 2.30. The number of nitrogens with zero attached hydrogens (tertiary/aromatic N) is 2. The maximum absolute atomic E-state index is 11.4. The van der Waals surface area contributed by atoms with E-state index < -0.39 is 0 Å². The number of carbonyl (C=O) groups excluding carboxylic acids is 1. The number of aromatic nitrogens is 1. The van der Waals surface area contributed by atoms with Crippen LogP contribution in [0.5, 0.6) is 0 Å². The summed E-state index contributed by atoms with van der Waals surface area (Å²) in [5, 5.41) is 0. The van der Waals surface area contributed by atoms with Gasteiger partial charge in [0.25, 0.3) is 0 Å². The SMILES string of the molecule is Cc1ccnc(N2CCC(C)(C(N)=O)CC2)c1. The van der Waals surface area contributed by atoms with E-state index in [1.54, 1.807) is 0 Å². The predicted molar refractivity (Wildman–Crippen MR) is 67.7 cm³/mol. The van der Waals surface area contributed by atoms with Crippen molar-refractivity contribution in [2.45, 2.75) is 26.7 Å². The molecule has 0 spiro atoms. The van der Waals surface area contributed by atoms with Gasteiger partial charge < -0.3 is 10.6 Å². The number of anilines is 1. The van der Waals surface area contributed by atoms with Gasteiger partial charge in [-0.25, -0.2) is 4.98 Å². The quantitative estimate of drug-likeness (QED) is 0.841. The Morgan fingerprint density at radius 3 is 2.65 bits per heavy atom. The second-order valence-corrected chi connectivity index (χ2v) is 5.10. The lowest BCUT2D eigenvalue weighted by Crippen LogP contribution is -2.45. The van der Waals surface area contributed by atoms with Crippen LogP contribution < -0.4 is 10.6 Å². The standard InChI is InChI=1S/C13H19N3O/c1-10-3-6-15-11(9-10)16-7-4-13(2,5-8-16)12(14)17/h3,6,9H,4-5,7-8H2,1-2H3,(H2,14,17). The van der Waals surface area contributed by atoms with Gasteiger partial charge in [-0.2, -0.15) is 0 Å². The largest absolute Gasteiger partial charge is 0.369 e. The summed E-state index contributed by atoms with van der Waals surface area (Å²) in [6, 6.07) is 4.06. The summed E-state index contributed by atoms with van der Waals surface area (Å²) in [4.78, 5) is 17.9. The number of amides is 1. The smallest absolute Gasteiger partial charge is 0.223 e. The zero-order valence-electron chi connectivity index (χ0n) is 10.4. The fraction of sp³-hybridized carbons (Fsp3) is 0.538. The van der Waals surface area contributed by atoms with Crippen molar-refractivity contribution < 1.29 is 4.79 Å². The first-order valence-corrected chi connectivity index (χ1v) is 5.99. The number of aryl methyl sites for hydroxylation is 1.